The SMILES string of the molecule is COc1ccccc1CN(Cc1cccc(OC)c1OC)c1ccc(OC)c(C(=O)O)c1. The van der Waals surface area contributed by atoms with Gasteiger partial charge in [0.2, 0.25) is 0 Å². The quantitative estimate of drug-likeness (QED) is 0.496. The van der Waals surface area contributed by atoms with Crippen molar-refractivity contribution < 1.29 is 28.8 Å². The number of methoxy groups -OCH3 is 4. The van der Waals surface area contributed by atoms with Crippen LogP contribution < -0.4 is 23.8 Å². The number of carbonyl (C=O) groups is 1. The molecule has 0 aliphatic carbocycles. The molecule has 0 saturated heterocycles. The number of rotatable bonds is 10. The summed E-state index contributed by atoms with van der Waals surface area (Å²) in [7, 11) is 6.28. The molecule has 1 N–H and O–H groups in total. The van der Waals surface area contributed by atoms with Gasteiger partial charge in [0.25, 0.3) is 0 Å². The predicted molar refractivity (Wildman–Crippen MR) is 122 cm³/mol. The number of para-hydroxylation sites is 2. The molecule has 0 aliphatic rings. The van der Waals surface area contributed by atoms with Gasteiger partial charge < -0.3 is 29.0 Å². The lowest BCUT2D eigenvalue weighted by Gasteiger charge is -2.27. The average Bonchev–Trinajstić information content (AvgIpc) is 2.83. The van der Waals surface area contributed by atoms with Gasteiger partial charge in [-0.2, -0.15) is 0 Å². The van der Waals surface area contributed by atoms with Crippen LogP contribution in [-0.4, -0.2) is 39.5 Å². The number of carboxylic acids is 1. The zero-order valence-corrected chi connectivity index (χ0v) is 18.6. The fourth-order valence-electron chi connectivity index (χ4n) is 3.62. The van der Waals surface area contributed by atoms with Crippen LogP contribution in [0.25, 0.3) is 0 Å². The Labute approximate surface area is 187 Å². The van der Waals surface area contributed by atoms with E-state index in [-0.39, 0.29) is 5.56 Å². The summed E-state index contributed by atoms with van der Waals surface area (Å²) >= 11 is 0. The zero-order chi connectivity index (χ0) is 23.1. The highest BCUT2D eigenvalue weighted by Gasteiger charge is 2.19. The molecule has 0 fully saturated rings. The Balaban J connectivity index is 2.08. The number of hydrogen-bond acceptors (Lipinski definition) is 6. The van der Waals surface area contributed by atoms with Gasteiger partial charge in [-0.15, -0.1) is 0 Å². The molecule has 7 nitrogen and oxygen atoms in total. The minimum absolute atomic E-state index is 0.0904. The van der Waals surface area contributed by atoms with Gasteiger partial charge in [0, 0.05) is 29.9 Å². The first kappa shape index (κ1) is 22.8. The number of anilines is 1. The number of benzene rings is 3. The van der Waals surface area contributed by atoms with Crippen molar-refractivity contribution in [3.05, 3.63) is 77.4 Å². The van der Waals surface area contributed by atoms with E-state index in [1.165, 1.54) is 7.11 Å². The van der Waals surface area contributed by atoms with Gasteiger partial charge in [0.1, 0.15) is 17.1 Å². The van der Waals surface area contributed by atoms with Gasteiger partial charge in [0.05, 0.1) is 28.4 Å². The molecule has 0 bridgehead atoms. The van der Waals surface area contributed by atoms with Crippen LogP contribution in [0.4, 0.5) is 5.69 Å². The second kappa shape index (κ2) is 10.4. The van der Waals surface area contributed by atoms with Crippen LogP contribution in [0.2, 0.25) is 0 Å². The summed E-state index contributed by atoms with van der Waals surface area (Å²) in [5.74, 6) is 1.26. The number of nitrogens with zero attached hydrogens (tertiary/aromatic N) is 1. The highest BCUT2D eigenvalue weighted by Crippen LogP contribution is 2.34. The summed E-state index contributed by atoms with van der Waals surface area (Å²) in [5.41, 5.74) is 2.67. The molecule has 0 unspecified atom stereocenters. The lowest BCUT2D eigenvalue weighted by atomic mass is 10.1. The summed E-state index contributed by atoms with van der Waals surface area (Å²) in [6.07, 6.45) is 0. The fourth-order valence-corrected chi connectivity index (χ4v) is 3.62. The van der Waals surface area contributed by atoms with Gasteiger partial charge in [-0.3, -0.25) is 0 Å². The van der Waals surface area contributed by atoms with E-state index in [9.17, 15) is 9.90 Å². The number of carboxylic acid groups (broad SMARTS) is 1. The lowest BCUT2D eigenvalue weighted by Crippen LogP contribution is -2.23. The third-order valence-corrected chi connectivity index (χ3v) is 5.18. The smallest absolute Gasteiger partial charge is 0.339 e. The molecule has 0 saturated carbocycles. The molecular weight excluding hydrogens is 410 g/mol. The van der Waals surface area contributed by atoms with E-state index in [0.29, 0.717) is 30.3 Å². The first-order valence-corrected chi connectivity index (χ1v) is 10.00. The van der Waals surface area contributed by atoms with E-state index in [4.69, 9.17) is 18.9 Å². The third kappa shape index (κ3) is 4.88. The molecule has 3 aromatic rings. The third-order valence-electron chi connectivity index (χ3n) is 5.18. The minimum atomic E-state index is -1.06. The molecule has 0 atom stereocenters. The van der Waals surface area contributed by atoms with Crippen molar-refractivity contribution in [3.63, 3.8) is 0 Å². The Kier molecular flexibility index (Phi) is 7.44. The summed E-state index contributed by atoms with van der Waals surface area (Å²) in [6.45, 7) is 0.930. The molecule has 0 radical (unpaired) electrons. The standard InChI is InChI=1S/C25H27NO6/c1-29-21-10-6-5-8-17(21)15-26(16-18-9-7-11-23(31-3)24(18)32-4)19-12-13-22(30-2)20(14-19)25(27)28/h5-14H,15-16H2,1-4H3,(H,27,28). The van der Waals surface area contributed by atoms with Gasteiger partial charge in [-0.05, 0) is 30.3 Å². The van der Waals surface area contributed by atoms with Crippen LogP contribution in [0.5, 0.6) is 23.0 Å². The molecule has 3 rings (SSSR count). The molecule has 32 heavy (non-hydrogen) atoms. The second-order valence-electron chi connectivity index (χ2n) is 7.01. The van der Waals surface area contributed by atoms with Crippen LogP contribution in [0.3, 0.4) is 0 Å². The molecule has 0 aromatic heterocycles. The van der Waals surface area contributed by atoms with Gasteiger partial charge in [-0.25, -0.2) is 4.79 Å². The lowest BCUT2D eigenvalue weighted by molar-refractivity contribution is 0.0693. The van der Waals surface area contributed by atoms with E-state index in [0.717, 1.165) is 22.6 Å². The first-order chi connectivity index (χ1) is 15.5. The van der Waals surface area contributed by atoms with Crippen LogP contribution in [-0.2, 0) is 13.1 Å². The van der Waals surface area contributed by atoms with Crippen LogP contribution in [0, 0.1) is 0 Å². The van der Waals surface area contributed by atoms with Crippen molar-refractivity contribution in [2.24, 2.45) is 0 Å². The molecule has 0 heterocycles. The van der Waals surface area contributed by atoms with Crippen LogP contribution >= 0.6 is 0 Å². The molecule has 3 aromatic carbocycles. The second-order valence-corrected chi connectivity index (χ2v) is 7.01. The van der Waals surface area contributed by atoms with E-state index in [1.54, 1.807) is 33.5 Å². The van der Waals surface area contributed by atoms with Crippen LogP contribution in [0.1, 0.15) is 21.5 Å². The maximum Gasteiger partial charge on any atom is 0.339 e. The Morgan fingerprint density at radius 1 is 0.750 bits per heavy atom. The first-order valence-electron chi connectivity index (χ1n) is 10.00. The van der Waals surface area contributed by atoms with Crippen molar-refractivity contribution >= 4 is 11.7 Å². The number of hydrogen-bond donors (Lipinski definition) is 1. The molecule has 168 valence electrons. The Hall–Kier alpha value is -3.87. The number of aromatic carboxylic acids is 1. The van der Waals surface area contributed by atoms with Gasteiger partial charge >= 0.3 is 5.97 Å². The molecule has 0 spiro atoms. The molecular formula is C25H27NO6. The van der Waals surface area contributed by atoms with Gasteiger partial charge in [0.15, 0.2) is 11.5 Å². The van der Waals surface area contributed by atoms with Crippen LogP contribution in [0.15, 0.2) is 60.7 Å². The van der Waals surface area contributed by atoms with Crippen molar-refractivity contribution in [2.45, 2.75) is 13.1 Å². The Morgan fingerprint density at radius 3 is 2.03 bits per heavy atom. The number of ether oxygens (including phenoxy) is 4. The minimum Gasteiger partial charge on any atom is -0.496 e. The van der Waals surface area contributed by atoms with Crippen molar-refractivity contribution in [3.8, 4) is 23.0 Å². The topological polar surface area (TPSA) is 77.5 Å². The monoisotopic (exact) mass is 437 g/mol. The highest BCUT2D eigenvalue weighted by molar-refractivity contribution is 5.92. The van der Waals surface area contributed by atoms with E-state index in [2.05, 4.69) is 4.90 Å². The Bertz CT molecular complexity index is 1080. The zero-order valence-electron chi connectivity index (χ0n) is 18.6. The van der Waals surface area contributed by atoms with Gasteiger partial charge in [-0.1, -0.05) is 30.3 Å². The highest BCUT2D eigenvalue weighted by atomic mass is 16.5. The van der Waals surface area contributed by atoms with E-state index >= 15 is 0 Å². The maximum atomic E-state index is 11.8. The Morgan fingerprint density at radius 2 is 1.38 bits per heavy atom. The fraction of sp³-hybridized carbons (Fsp3) is 0.240. The largest absolute Gasteiger partial charge is 0.496 e. The summed E-state index contributed by atoms with van der Waals surface area (Å²) < 4.78 is 21.8. The molecule has 0 amide bonds. The van der Waals surface area contributed by atoms with Crippen molar-refractivity contribution in [1.82, 2.24) is 0 Å². The summed E-state index contributed by atoms with van der Waals surface area (Å²) in [4.78, 5) is 13.9. The van der Waals surface area contributed by atoms with E-state index < -0.39 is 5.97 Å². The average molecular weight is 437 g/mol. The summed E-state index contributed by atoms with van der Waals surface area (Å²) in [6, 6.07) is 18.5. The molecule has 0 aliphatic heterocycles. The van der Waals surface area contributed by atoms with E-state index in [1.807, 2.05) is 48.5 Å². The normalized spacial score (nSPS) is 10.4. The maximum absolute atomic E-state index is 11.8. The van der Waals surface area contributed by atoms with Crippen molar-refractivity contribution in [2.75, 3.05) is 33.3 Å². The summed E-state index contributed by atoms with van der Waals surface area (Å²) in [5, 5.41) is 9.66. The van der Waals surface area contributed by atoms with Crippen molar-refractivity contribution in [1.29, 1.82) is 0 Å². The predicted octanol–water partition coefficient (Wildman–Crippen LogP) is 4.63. The molecule has 7 heteroatoms.